The van der Waals surface area contributed by atoms with Crippen molar-refractivity contribution in [3.63, 3.8) is 0 Å². The molecule has 3 rings (SSSR count). The van der Waals surface area contributed by atoms with Crippen LogP contribution in [0.25, 0.3) is 0 Å². The molecule has 1 aromatic rings. The van der Waals surface area contributed by atoms with E-state index in [2.05, 4.69) is 30.5 Å². The zero-order chi connectivity index (χ0) is 20.8. The number of hydrogen-bond acceptors (Lipinski definition) is 5. The molecule has 1 aromatic carbocycles. The summed E-state index contributed by atoms with van der Waals surface area (Å²) in [5, 5.41) is 0.745. The maximum Gasteiger partial charge on any atom is 0.410 e. The largest absolute Gasteiger partial charge is 0.445 e. The van der Waals surface area contributed by atoms with Crippen molar-refractivity contribution >= 4 is 17.7 Å². The van der Waals surface area contributed by atoms with Crippen LogP contribution in [0.1, 0.15) is 18.9 Å². The van der Waals surface area contributed by atoms with E-state index in [4.69, 9.17) is 25.8 Å². The SMILES string of the molecule is C=CCOC(=O)N1CCC(N2C[C@H](C)OC[C@@H]2Cc2ccc(Cl)cc2)[C@@H](OC)C1. The summed E-state index contributed by atoms with van der Waals surface area (Å²) >= 11 is 6.03. The van der Waals surface area contributed by atoms with E-state index >= 15 is 0 Å². The molecule has 6 nitrogen and oxygen atoms in total. The van der Waals surface area contributed by atoms with Crippen molar-refractivity contribution in [2.24, 2.45) is 0 Å². The number of piperidine rings is 1. The van der Waals surface area contributed by atoms with E-state index in [-0.39, 0.29) is 37.0 Å². The topological polar surface area (TPSA) is 51.2 Å². The number of morpholine rings is 1. The highest BCUT2D eigenvalue weighted by Gasteiger charge is 2.40. The molecule has 0 aromatic heterocycles. The smallest absolute Gasteiger partial charge is 0.410 e. The van der Waals surface area contributed by atoms with E-state index in [0.29, 0.717) is 19.7 Å². The number of carbonyl (C=O) groups excluding carboxylic acids is 1. The first-order chi connectivity index (χ1) is 14.0. The summed E-state index contributed by atoms with van der Waals surface area (Å²) in [6, 6.07) is 8.49. The van der Waals surface area contributed by atoms with Crippen LogP contribution in [0, 0.1) is 0 Å². The fourth-order valence-corrected chi connectivity index (χ4v) is 4.37. The molecular weight excluding hydrogens is 392 g/mol. The van der Waals surface area contributed by atoms with Gasteiger partial charge in [0.05, 0.1) is 25.4 Å². The minimum absolute atomic E-state index is 0.0713. The molecule has 1 unspecified atom stereocenters. The molecule has 0 bridgehead atoms. The van der Waals surface area contributed by atoms with Crippen molar-refractivity contribution in [3.05, 3.63) is 47.5 Å². The molecule has 0 spiro atoms. The standard InChI is InChI=1S/C22H31ClN2O4/c1-4-11-28-22(26)24-10-9-20(21(14-24)27-3)25-13-16(2)29-15-19(25)12-17-5-7-18(23)8-6-17/h4-8,16,19-21H,1,9-15H2,2-3H3/t16-,19-,20?,21-/m0/s1. The predicted octanol–water partition coefficient (Wildman–Crippen LogP) is 3.38. The minimum Gasteiger partial charge on any atom is -0.445 e. The van der Waals surface area contributed by atoms with Crippen LogP contribution in [0.2, 0.25) is 5.02 Å². The predicted molar refractivity (Wildman–Crippen MR) is 113 cm³/mol. The molecule has 7 heteroatoms. The second kappa shape index (κ2) is 10.4. The number of ether oxygens (including phenoxy) is 3. The van der Waals surface area contributed by atoms with Crippen molar-refractivity contribution in [2.75, 3.05) is 40.0 Å². The quantitative estimate of drug-likeness (QED) is 0.658. The lowest BCUT2D eigenvalue weighted by Crippen LogP contribution is -2.62. The van der Waals surface area contributed by atoms with Gasteiger partial charge in [0.2, 0.25) is 0 Å². The van der Waals surface area contributed by atoms with Crippen molar-refractivity contribution in [1.29, 1.82) is 0 Å². The summed E-state index contributed by atoms with van der Waals surface area (Å²) < 4.78 is 17.0. The fourth-order valence-electron chi connectivity index (χ4n) is 4.25. The first kappa shape index (κ1) is 22.1. The zero-order valence-electron chi connectivity index (χ0n) is 17.3. The maximum atomic E-state index is 12.2. The number of methoxy groups -OCH3 is 1. The van der Waals surface area contributed by atoms with Crippen molar-refractivity contribution in [1.82, 2.24) is 9.80 Å². The van der Waals surface area contributed by atoms with Gasteiger partial charge in [0.1, 0.15) is 6.61 Å². The lowest BCUT2D eigenvalue weighted by atomic mass is 9.94. The van der Waals surface area contributed by atoms with Crippen LogP contribution in [0.15, 0.2) is 36.9 Å². The number of halogens is 1. The summed E-state index contributed by atoms with van der Waals surface area (Å²) in [6.45, 7) is 8.63. The highest BCUT2D eigenvalue weighted by Crippen LogP contribution is 2.27. The summed E-state index contributed by atoms with van der Waals surface area (Å²) in [5.74, 6) is 0. The Morgan fingerprint density at radius 3 is 2.79 bits per heavy atom. The highest BCUT2D eigenvalue weighted by atomic mass is 35.5. The van der Waals surface area contributed by atoms with Gasteiger partial charge < -0.3 is 19.1 Å². The van der Waals surface area contributed by atoms with Gasteiger partial charge in [-0.05, 0) is 37.5 Å². The van der Waals surface area contributed by atoms with Gasteiger partial charge in [-0.25, -0.2) is 4.79 Å². The van der Waals surface area contributed by atoms with Gasteiger partial charge in [0.15, 0.2) is 0 Å². The van der Waals surface area contributed by atoms with Crippen LogP contribution in [-0.4, -0.2) is 80.1 Å². The van der Waals surface area contributed by atoms with Gasteiger partial charge in [0.25, 0.3) is 0 Å². The van der Waals surface area contributed by atoms with Gasteiger partial charge in [-0.2, -0.15) is 0 Å². The molecule has 2 aliphatic rings. The number of nitrogens with zero attached hydrogens (tertiary/aromatic N) is 2. The number of carbonyl (C=O) groups is 1. The molecule has 2 saturated heterocycles. The van der Waals surface area contributed by atoms with E-state index in [9.17, 15) is 4.79 Å². The molecule has 0 radical (unpaired) electrons. The molecule has 2 fully saturated rings. The molecule has 0 N–H and O–H groups in total. The number of amides is 1. The summed E-state index contributed by atoms with van der Waals surface area (Å²) in [5.41, 5.74) is 1.24. The molecule has 160 valence electrons. The Morgan fingerprint density at radius 1 is 1.34 bits per heavy atom. The lowest BCUT2D eigenvalue weighted by Gasteiger charge is -2.48. The van der Waals surface area contributed by atoms with Gasteiger partial charge in [-0.1, -0.05) is 36.4 Å². The van der Waals surface area contributed by atoms with Crippen LogP contribution in [-0.2, 0) is 20.6 Å². The molecular formula is C22H31ClN2O4. The van der Waals surface area contributed by atoms with Gasteiger partial charge in [-0.15, -0.1) is 0 Å². The Bertz CT molecular complexity index is 684. The third-order valence-corrected chi connectivity index (χ3v) is 5.98. The monoisotopic (exact) mass is 422 g/mol. The van der Waals surface area contributed by atoms with Crippen molar-refractivity contribution in [2.45, 2.75) is 44.1 Å². The Kier molecular flexibility index (Phi) is 7.95. The van der Waals surface area contributed by atoms with Gasteiger partial charge in [-0.3, -0.25) is 4.90 Å². The second-order valence-electron chi connectivity index (χ2n) is 7.77. The minimum atomic E-state index is -0.307. The van der Waals surface area contributed by atoms with Crippen LogP contribution >= 0.6 is 11.6 Å². The van der Waals surface area contributed by atoms with Crippen molar-refractivity contribution < 1.29 is 19.0 Å². The van der Waals surface area contributed by atoms with E-state index in [1.807, 2.05) is 12.1 Å². The van der Waals surface area contributed by atoms with E-state index in [1.165, 1.54) is 5.56 Å². The summed E-state index contributed by atoms with van der Waals surface area (Å²) in [4.78, 5) is 16.5. The Labute approximate surface area is 178 Å². The molecule has 1 amide bonds. The van der Waals surface area contributed by atoms with Gasteiger partial charge >= 0.3 is 6.09 Å². The van der Waals surface area contributed by atoms with Crippen molar-refractivity contribution in [3.8, 4) is 0 Å². The van der Waals surface area contributed by atoms with Crippen LogP contribution in [0.5, 0.6) is 0 Å². The fraction of sp³-hybridized carbons (Fsp3) is 0.591. The number of benzene rings is 1. The average molecular weight is 423 g/mol. The first-order valence-electron chi connectivity index (χ1n) is 10.2. The number of hydrogen-bond donors (Lipinski definition) is 0. The first-order valence-corrected chi connectivity index (χ1v) is 10.6. The zero-order valence-corrected chi connectivity index (χ0v) is 18.0. The number of likely N-dealkylation sites (tertiary alicyclic amines) is 1. The molecule has 0 saturated carbocycles. The van der Waals surface area contributed by atoms with E-state index in [0.717, 1.165) is 24.4 Å². The van der Waals surface area contributed by atoms with Crippen LogP contribution < -0.4 is 0 Å². The average Bonchev–Trinajstić information content (AvgIpc) is 2.74. The third kappa shape index (κ3) is 5.72. The van der Waals surface area contributed by atoms with Crippen LogP contribution in [0.3, 0.4) is 0 Å². The normalized spacial score (nSPS) is 28.2. The molecule has 29 heavy (non-hydrogen) atoms. The molecule has 2 aliphatic heterocycles. The highest BCUT2D eigenvalue weighted by molar-refractivity contribution is 6.30. The Hall–Kier alpha value is -1.60. The molecule has 0 aliphatic carbocycles. The van der Waals surface area contributed by atoms with E-state index in [1.54, 1.807) is 18.1 Å². The molecule has 4 atom stereocenters. The lowest BCUT2D eigenvalue weighted by molar-refractivity contribution is -0.112. The maximum absolute atomic E-state index is 12.2. The summed E-state index contributed by atoms with van der Waals surface area (Å²) in [6.07, 6.45) is 3.10. The summed E-state index contributed by atoms with van der Waals surface area (Å²) in [7, 11) is 1.72. The second-order valence-corrected chi connectivity index (χ2v) is 8.20. The van der Waals surface area contributed by atoms with Crippen LogP contribution in [0.4, 0.5) is 4.79 Å². The van der Waals surface area contributed by atoms with Gasteiger partial charge in [0, 0.05) is 37.3 Å². The third-order valence-electron chi connectivity index (χ3n) is 5.73. The Morgan fingerprint density at radius 2 is 2.10 bits per heavy atom. The Balaban J connectivity index is 1.69. The molecule has 2 heterocycles. The number of rotatable bonds is 6. The van der Waals surface area contributed by atoms with E-state index < -0.39 is 0 Å².